The molecule has 0 fully saturated rings. The Hall–Kier alpha value is -2.83. The van der Waals surface area contributed by atoms with E-state index in [2.05, 4.69) is 0 Å². The molecule has 0 atom stereocenters. The molecule has 4 rings (SSSR count). The number of benzene rings is 3. The number of nitrogens with zero attached hydrogens (tertiary/aromatic N) is 2. The standard InChI is InChI=1S/C23H21ClN2O3S/c1-2-25(19-9-4-3-5-10-19)23(27)18-12-13-20(24)22(16-18)30(28,29)26-15-14-17-8-6-7-11-21(17)26/h3-13,16H,2,14-15H2,1H3. The Kier molecular flexibility index (Phi) is 5.54. The predicted octanol–water partition coefficient (Wildman–Crippen LogP) is 4.76. The Morgan fingerprint density at radius 3 is 2.47 bits per heavy atom. The molecule has 0 spiro atoms. The maximum absolute atomic E-state index is 13.4. The summed E-state index contributed by atoms with van der Waals surface area (Å²) < 4.78 is 28.2. The van der Waals surface area contributed by atoms with Crippen LogP contribution in [-0.4, -0.2) is 27.4 Å². The second kappa shape index (κ2) is 8.13. The highest BCUT2D eigenvalue weighted by Crippen LogP contribution is 2.35. The van der Waals surface area contributed by atoms with Gasteiger partial charge in [0.2, 0.25) is 0 Å². The number of carbonyl (C=O) groups excluding carboxylic acids is 1. The highest BCUT2D eigenvalue weighted by atomic mass is 35.5. The van der Waals surface area contributed by atoms with Crippen LogP contribution in [0.25, 0.3) is 0 Å². The van der Waals surface area contributed by atoms with Crippen molar-refractivity contribution < 1.29 is 13.2 Å². The van der Waals surface area contributed by atoms with Crippen LogP contribution in [0, 0.1) is 0 Å². The van der Waals surface area contributed by atoms with Crippen LogP contribution in [-0.2, 0) is 16.4 Å². The third kappa shape index (κ3) is 3.57. The first kappa shape index (κ1) is 20.4. The predicted molar refractivity (Wildman–Crippen MR) is 120 cm³/mol. The summed E-state index contributed by atoms with van der Waals surface area (Å²) in [6, 6.07) is 21.1. The molecular weight excluding hydrogens is 420 g/mol. The number of halogens is 1. The van der Waals surface area contributed by atoms with Crippen molar-refractivity contribution in [3.63, 3.8) is 0 Å². The summed E-state index contributed by atoms with van der Waals surface area (Å²) in [5.41, 5.74) is 2.66. The van der Waals surface area contributed by atoms with E-state index in [1.54, 1.807) is 17.0 Å². The zero-order valence-electron chi connectivity index (χ0n) is 16.5. The molecule has 7 heteroatoms. The normalized spacial score (nSPS) is 13.2. The van der Waals surface area contributed by atoms with Gasteiger partial charge >= 0.3 is 0 Å². The Morgan fingerprint density at radius 2 is 1.73 bits per heavy atom. The number of rotatable bonds is 5. The summed E-state index contributed by atoms with van der Waals surface area (Å²) in [4.78, 5) is 14.7. The fourth-order valence-electron chi connectivity index (χ4n) is 3.72. The van der Waals surface area contributed by atoms with E-state index in [-0.39, 0.29) is 21.4 Å². The summed E-state index contributed by atoms with van der Waals surface area (Å²) in [6.07, 6.45) is 0.642. The lowest BCUT2D eigenvalue weighted by atomic mass is 10.2. The van der Waals surface area contributed by atoms with E-state index in [0.29, 0.717) is 25.2 Å². The summed E-state index contributed by atoms with van der Waals surface area (Å²) in [5.74, 6) is -0.279. The Morgan fingerprint density at radius 1 is 1.03 bits per heavy atom. The number of para-hydroxylation sites is 2. The van der Waals surface area contributed by atoms with Gasteiger partial charge in [0.25, 0.3) is 15.9 Å². The zero-order valence-corrected chi connectivity index (χ0v) is 18.0. The molecule has 30 heavy (non-hydrogen) atoms. The zero-order chi connectivity index (χ0) is 21.3. The van der Waals surface area contributed by atoms with Gasteiger partial charge in [-0.25, -0.2) is 8.42 Å². The van der Waals surface area contributed by atoms with Crippen LogP contribution in [0.5, 0.6) is 0 Å². The monoisotopic (exact) mass is 440 g/mol. The number of anilines is 2. The van der Waals surface area contributed by atoms with Crippen LogP contribution < -0.4 is 9.21 Å². The van der Waals surface area contributed by atoms with Crippen molar-refractivity contribution >= 4 is 38.9 Å². The number of sulfonamides is 1. The number of fused-ring (bicyclic) bond motifs is 1. The second-order valence-corrected chi connectivity index (χ2v) is 9.22. The van der Waals surface area contributed by atoms with Crippen molar-refractivity contribution in [3.05, 3.63) is 88.9 Å². The molecule has 1 aliphatic rings. The summed E-state index contributed by atoms with van der Waals surface area (Å²) in [5, 5.41) is 0.0960. The lowest BCUT2D eigenvalue weighted by molar-refractivity contribution is 0.0988. The first-order valence-electron chi connectivity index (χ1n) is 9.70. The van der Waals surface area contributed by atoms with E-state index in [0.717, 1.165) is 11.3 Å². The number of hydrogen-bond acceptors (Lipinski definition) is 3. The molecule has 3 aromatic rings. The first-order chi connectivity index (χ1) is 14.4. The van der Waals surface area contributed by atoms with E-state index in [9.17, 15) is 13.2 Å². The molecule has 5 nitrogen and oxygen atoms in total. The number of carbonyl (C=O) groups is 1. The maximum atomic E-state index is 13.4. The van der Waals surface area contributed by atoms with Crippen molar-refractivity contribution in [2.45, 2.75) is 18.2 Å². The molecular formula is C23H21ClN2O3S. The molecule has 0 N–H and O–H groups in total. The Labute approximate surface area is 181 Å². The molecule has 3 aromatic carbocycles. The third-order valence-electron chi connectivity index (χ3n) is 5.22. The highest BCUT2D eigenvalue weighted by Gasteiger charge is 2.33. The first-order valence-corrected chi connectivity index (χ1v) is 11.5. The average molecular weight is 441 g/mol. The van der Waals surface area contributed by atoms with Crippen molar-refractivity contribution in [3.8, 4) is 0 Å². The molecule has 1 aliphatic heterocycles. The van der Waals surface area contributed by atoms with E-state index in [4.69, 9.17) is 11.6 Å². The van der Waals surface area contributed by atoms with Gasteiger partial charge in [0.15, 0.2) is 0 Å². The Bertz CT molecular complexity index is 1200. The van der Waals surface area contributed by atoms with Crippen molar-refractivity contribution in [2.24, 2.45) is 0 Å². The van der Waals surface area contributed by atoms with Crippen LogP contribution in [0.15, 0.2) is 77.7 Å². The fraction of sp³-hybridized carbons (Fsp3) is 0.174. The van der Waals surface area contributed by atoms with E-state index < -0.39 is 10.0 Å². The molecule has 1 amide bonds. The number of hydrogen-bond donors (Lipinski definition) is 0. The quantitative estimate of drug-likeness (QED) is 0.574. The van der Waals surface area contributed by atoms with Crippen LogP contribution >= 0.6 is 11.6 Å². The van der Waals surface area contributed by atoms with Gasteiger partial charge in [0, 0.05) is 24.3 Å². The lowest BCUT2D eigenvalue weighted by Gasteiger charge is -2.23. The lowest BCUT2D eigenvalue weighted by Crippen LogP contribution is -2.32. The molecule has 0 saturated carbocycles. The van der Waals surface area contributed by atoms with Crippen LogP contribution in [0.2, 0.25) is 5.02 Å². The van der Waals surface area contributed by atoms with Gasteiger partial charge in [0.05, 0.1) is 10.7 Å². The molecule has 0 saturated heterocycles. The third-order valence-corrected chi connectivity index (χ3v) is 7.51. The van der Waals surface area contributed by atoms with E-state index in [1.165, 1.54) is 16.4 Å². The minimum absolute atomic E-state index is 0.0594. The molecule has 0 aliphatic carbocycles. The largest absolute Gasteiger partial charge is 0.309 e. The summed E-state index contributed by atoms with van der Waals surface area (Å²) in [7, 11) is -3.91. The molecule has 1 heterocycles. The fourth-order valence-corrected chi connectivity index (χ4v) is 5.72. The molecule has 0 bridgehead atoms. The smallest absolute Gasteiger partial charge is 0.265 e. The van der Waals surface area contributed by atoms with Gasteiger partial charge in [-0.05, 0) is 55.3 Å². The number of amides is 1. The van der Waals surface area contributed by atoms with Crippen LogP contribution in [0.4, 0.5) is 11.4 Å². The van der Waals surface area contributed by atoms with Gasteiger partial charge in [0.1, 0.15) is 4.90 Å². The molecule has 0 unspecified atom stereocenters. The Balaban J connectivity index is 1.73. The average Bonchev–Trinajstić information content (AvgIpc) is 3.20. The van der Waals surface area contributed by atoms with Crippen molar-refractivity contribution in [1.82, 2.24) is 0 Å². The van der Waals surface area contributed by atoms with Gasteiger partial charge in [-0.3, -0.25) is 9.10 Å². The van der Waals surface area contributed by atoms with Crippen LogP contribution in [0.3, 0.4) is 0 Å². The van der Waals surface area contributed by atoms with E-state index in [1.807, 2.05) is 55.5 Å². The van der Waals surface area contributed by atoms with Gasteiger partial charge in [-0.1, -0.05) is 48.0 Å². The minimum Gasteiger partial charge on any atom is -0.309 e. The molecule has 154 valence electrons. The molecule has 0 radical (unpaired) electrons. The second-order valence-electron chi connectivity index (χ2n) is 6.99. The van der Waals surface area contributed by atoms with E-state index >= 15 is 0 Å². The van der Waals surface area contributed by atoms with Crippen molar-refractivity contribution in [2.75, 3.05) is 22.3 Å². The topological polar surface area (TPSA) is 57.7 Å². The van der Waals surface area contributed by atoms with Gasteiger partial charge in [-0.2, -0.15) is 0 Å². The summed E-state index contributed by atoms with van der Waals surface area (Å²) in [6.45, 7) is 2.67. The van der Waals surface area contributed by atoms with Gasteiger partial charge < -0.3 is 4.90 Å². The van der Waals surface area contributed by atoms with Crippen LogP contribution in [0.1, 0.15) is 22.8 Å². The maximum Gasteiger partial charge on any atom is 0.265 e. The van der Waals surface area contributed by atoms with Gasteiger partial charge in [-0.15, -0.1) is 0 Å². The SMILES string of the molecule is CCN(C(=O)c1ccc(Cl)c(S(=O)(=O)N2CCc3ccccc32)c1)c1ccccc1. The minimum atomic E-state index is -3.91. The molecule has 0 aromatic heterocycles. The summed E-state index contributed by atoms with van der Waals surface area (Å²) >= 11 is 6.29. The van der Waals surface area contributed by atoms with Crippen molar-refractivity contribution in [1.29, 1.82) is 0 Å². The highest BCUT2D eigenvalue weighted by molar-refractivity contribution is 7.93.